The molecule has 1 amide bonds. The topological polar surface area (TPSA) is 63.9 Å². The standard InChI is InChI=1S/C17H23N5OS/c1-12-7-9-15(10-8-12)22-17(18-19-20-22)24-11-16(23)21-13(2)5-4-6-14(21)3/h7-10,13-14H,4-6,11H2,1-3H3/t13-,14+. The number of amides is 1. The predicted octanol–water partition coefficient (Wildman–Crippen LogP) is 2.85. The second-order valence-electron chi connectivity index (χ2n) is 6.43. The van der Waals surface area contributed by atoms with Crippen molar-refractivity contribution in [2.75, 3.05) is 5.75 Å². The van der Waals surface area contributed by atoms with E-state index in [2.05, 4.69) is 29.4 Å². The van der Waals surface area contributed by atoms with Gasteiger partial charge in [0.05, 0.1) is 11.4 Å². The fourth-order valence-electron chi connectivity index (χ4n) is 3.23. The van der Waals surface area contributed by atoms with Crippen molar-refractivity contribution in [3.8, 4) is 5.69 Å². The molecule has 3 rings (SSSR count). The van der Waals surface area contributed by atoms with Gasteiger partial charge >= 0.3 is 0 Å². The van der Waals surface area contributed by atoms with E-state index in [9.17, 15) is 4.79 Å². The first-order chi connectivity index (χ1) is 11.6. The lowest BCUT2D eigenvalue weighted by Gasteiger charge is -2.39. The van der Waals surface area contributed by atoms with Crippen LogP contribution in [0.1, 0.15) is 38.7 Å². The van der Waals surface area contributed by atoms with Gasteiger partial charge in [0.2, 0.25) is 11.1 Å². The van der Waals surface area contributed by atoms with Crippen LogP contribution >= 0.6 is 11.8 Å². The van der Waals surface area contributed by atoms with E-state index in [1.807, 2.05) is 36.1 Å². The Morgan fingerprint density at radius 2 is 1.88 bits per heavy atom. The number of likely N-dealkylation sites (tertiary alicyclic amines) is 1. The van der Waals surface area contributed by atoms with E-state index in [0.717, 1.165) is 18.5 Å². The Balaban J connectivity index is 1.68. The van der Waals surface area contributed by atoms with Gasteiger partial charge in [-0.15, -0.1) is 5.10 Å². The number of aromatic nitrogens is 4. The van der Waals surface area contributed by atoms with Crippen LogP contribution in [0.5, 0.6) is 0 Å². The van der Waals surface area contributed by atoms with Gasteiger partial charge in [0.25, 0.3) is 0 Å². The molecule has 1 aromatic carbocycles. The maximum Gasteiger partial charge on any atom is 0.233 e. The Kier molecular flexibility index (Phi) is 5.18. The highest BCUT2D eigenvalue weighted by Crippen LogP contribution is 2.25. The largest absolute Gasteiger partial charge is 0.337 e. The predicted molar refractivity (Wildman–Crippen MR) is 94.2 cm³/mol. The van der Waals surface area contributed by atoms with Gasteiger partial charge in [0, 0.05) is 12.1 Å². The molecule has 2 aromatic rings. The summed E-state index contributed by atoms with van der Waals surface area (Å²) in [7, 11) is 0. The van der Waals surface area contributed by atoms with Crippen LogP contribution in [0.3, 0.4) is 0 Å². The first-order valence-electron chi connectivity index (χ1n) is 8.35. The van der Waals surface area contributed by atoms with E-state index in [0.29, 0.717) is 23.0 Å². The summed E-state index contributed by atoms with van der Waals surface area (Å²) in [5.41, 5.74) is 2.09. The zero-order chi connectivity index (χ0) is 17.1. The zero-order valence-corrected chi connectivity index (χ0v) is 15.2. The highest BCUT2D eigenvalue weighted by Gasteiger charge is 2.29. The number of carbonyl (C=O) groups is 1. The molecule has 1 aliphatic rings. The first kappa shape index (κ1) is 17.0. The second-order valence-corrected chi connectivity index (χ2v) is 7.37. The van der Waals surface area contributed by atoms with Gasteiger partial charge in [-0.2, -0.15) is 4.68 Å². The van der Waals surface area contributed by atoms with Crippen LogP contribution in [0.15, 0.2) is 29.4 Å². The van der Waals surface area contributed by atoms with Crippen LogP contribution in [0, 0.1) is 6.92 Å². The molecule has 128 valence electrons. The SMILES string of the molecule is Cc1ccc(-n2nnnc2SCC(=O)N2[C@H](C)CCC[C@@H]2C)cc1. The smallest absolute Gasteiger partial charge is 0.233 e. The summed E-state index contributed by atoms with van der Waals surface area (Å²) >= 11 is 1.39. The van der Waals surface area contributed by atoms with Crippen LogP contribution < -0.4 is 0 Å². The summed E-state index contributed by atoms with van der Waals surface area (Å²) < 4.78 is 1.68. The number of tetrazole rings is 1. The van der Waals surface area contributed by atoms with E-state index in [1.54, 1.807) is 4.68 Å². The van der Waals surface area contributed by atoms with E-state index in [-0.39, 0.29) is 5.91 Å². The van der Waals surface area contributed by atoms with Crippen molar-refractivity contribution in [3.63, 3.8) is 0 Å². The third-order valence-corrected chi connectivity index (χ3v) is 5.43. The molecule has 2 heterocycles. The van der Waals surface area contributed by atoms with Gasteiger partial charge in [0.1, 0.15) is 0 Å². The second kappa shape index (κ2) is 7.34. The lowest BCUT2D eigenvalue weighted by Crippen LogP contribution is -2.48. The Bertz CT molecular complexity index is 689. The zero-order valence-electron chi connectivity index (χ0n) is 14.3. The van der Waals surface area contributed by atoms with Gasteiger partial charge in [-0.25, -0.2) is 0 Å². The van der Waals surface area contributed by atoms with E-state index < -0.39 is 0 Å². The summed E-state index contributed by atoms with van der Waals surface area (Å²) in [6.07, 6.45) is 3.37. The third kappa shape index (κ3) is 3.61. The normalized spacial score (nSPS) is 21.0. The fourth-order valence-corrected chi connectivity index (χ4v) is 3.99. The molecule has 0 spiro atoms. The minimum Gasteiger partial charge on any atom is -0.337 e. The monoisotopic (exact) mass is 345 g/mol. The average Bonchev–Trinajstić information content (AvgIpc) is 3.02. The highest BCUT2D eigenvalue weighted by atomic mass is 32.2. The molecule has 0 aliphatic carbocycles. The summed E-state index contributed by atoms with van der Waals surface area (Å²) in [6, 6.07) is 8.63. The highest BCUT2D eigenvalue weighted by molar-refractivity contribution is 7.99. The first-order valence-corrected chi connectivity index (χ1v) is 9.34. The summed E-state index contributed by atoms with van der Waals surface area (Å²) in [5.74, 6) is 0.527. The fraction of sp³-hybridized carbons (Fsp3) is 0.529. The van der Waals surface area contributed by atoms with Crippen molar-refractivity contribution in [3.05, 3.63) is 29.8 Å². The van der Waals surface area contributed by atoms with Gasteiger partial charge in [-0.3, -0.25) is 4.79 Å². The molecule has 1 fully saturated rings. The maximum absolute atomic E-state index is 12.6. The van der Waals surface area contributed by atoms with Crippen molar-refractivity contribution in [2.45, 2.75) is 57.3 Å². The molecule has 1 aromatic heterocycles. The molecule has 0 saturated carbocycles. The summed E-state index contributed by atoms with van der Waals surface area (Å²) in [5, 5.41) is 12.5. The van der Waals surface area contributed by atoms with Crippen LogP contribution in [0.2, 0.25) is 0 Å². The van der Waals surface area contributed by atoms with E-state index in [1.165, 1.54) is 23.7 Å². The Morgan fingerprint density at radius 1 is 1.21 bits per heavy atom. The molecule has 0 radical (unpaired) electrons. The number of carbonyl (C=O) groups excluding carboxylic acids is 1. The number of thioether (sulfide) groups is 1. The van der Waals surface area contributed by atoms with Crippen molar-refractivity contribution in [1.82, 2.24) is 25.1 Å². The van der Waals surface area contributed by atoms with E-state index in [4.69, 9.17) is 0 Å². The molecule has 7 heteroatoms. The molecular formula is C17H23N5OS. The Morgan fingerprint density at radius 3 is 2.54 bits per heavy atom. The van der Waals surface area contributed by atoms with Gasteiger partial charge < -0.3 is 4.90 Å². The minimum absolute atomic E-state index is 0.165. The number of hydrogen-bond acceptors (Lipinski definition) is 5. The molecule has 1 aliphatic heterocycles. The summed E-state index contributed by atoms with van der Waals surface area (Å²) in [6.45, 7) is 6.31. The number of nitrogens with zero attached hydrogens (tertiary/aromatic N) is 5. The van der Waals surface area contributed by atoms with Gasteiger partial charge in [0.15, 0.2) is 0 Å². The molecule has 24 heavy (non-hydrogen) atoms. The Labute approximate surface area is 146 Å². The lowest BCUT2D eigenvalue weighted by molar-refractivity contribution is -0.134. The molecule has 1 saturated heterocycles. The number of aryl methyl sites for hydroxylation is 1. The van der Waals surface area contributed by atoms with Crippen LogP contribution in [0.25, 0.3) is 5.69 Å². The Hall–Kier alpha value is -1.89. The lowest BCUT2D eigenvalue weighted by atomic mass is 9.98. The van der Waals surface area contributed by atoms with Crippen LogP contribution in [0.4, 0.5) is 0 Å². The summed E-state index contributed by atoms with van der Waals surface area (Å²) in [4.78, 5) is 14.7. The van der Waals surface area contributed by atoms with Crippen molar-refractivity contribution in [2.24, 2.45) is 0 Å². The van der Waals surface area contributed by atoms with E-state index >= 15 is 0 Å². The number of hydrogen-bond donors (Lipinski definition) is 0. The molecular weight excluding hydrogens is 322 g/mol. The van der Waals surface area contributed by atoms with Crippen molar-refractivity contribution < 1.29 is 4.79 Å². The quantitative estimate of drug-likeness (QED) is 0.797. The van der Waals surface area contributed by atoms with Gasteiger partial charge in [-0.05, 0) is 62.6 Å². The number of piperidine rings is 1. The van der Waals surface area contributed by atoms with Crippen molar-refractivity contribution >= 4 is 17.7 Å². The molecule has 6 nitrogen and oxygen atoms in total. The average molecular weight is 345 g/mol. The van der Waals surface area contributed by atoms with Crippen LogP contribution in [-0.2, 0) is 4.79 Å². The number of benzene rings is 1. The van der Waals surface area contributed by atoms with Crippen molar-refractivity contribution in [1.29, 1.82) is 0 Å². The molecule has 0 unspecified atom stereocenters. The van der Waals surface area contributed by atoms with Crippen LogP contribution in [-0.4, -0.2) is 48.9 Å². The molecule has 0 N–H and O–H groups in total. The number of rotatable bonds is 4. The molecule has 2 atom stereocenters. The van der Waals surface area contributed by atoms with Gasteiger partial charge in [-0.1, -0.05) is 29.5 Å². The maximum atomic E-state index is 12.6. The third-order valence-electron chi connectivity index (χ3n) is 4.53. The molecule has 0 bridgehead atoms. The minimum atomic E-state index is 0.165.